The molecule has 0 aromatic heterocycles. The summed E-state index contributed by atoms with van der Waals surface area (Å²) in [6, 6.07) is 0.0236. The van der Waals surface area contributed by atoms with E-state index in [9.17, 15) is 4.79 Å². The summed E-state index contributed by atoms with van der Waals surface area (Å²) in [7, 11) is 0. The molecule has 3 nitrogen and oxygen atoms in total. The lowest BCUT2D eigenvalue weighted by molar-refractivity contribution is 0.138. The molecule has 1 amide bonds. The quantitative estimate of drug-likeness (QED) is 0.609. The second-order valence-electron chi connectivity index (χ2n) is 2.32. The van der Waals surface area contributed by atoms with Crippen molar-refractivity contribution in [3.8, 4) is 0 Å². The summed E-state index contributed by atoms with van der Waals surface area (Å²) in [5, 5.41) is 8.55. The number of hydrogen-bond donors (Lipinski definition) is 1. The topological polar surface area (TPSA) is 40.5 Å². The molecule has 58 valence electrons. The third kappa shape index (κ3) is 2.53. The molecular weight excluding hydrogens is 130 g/mol. The van der Waals surface area contributed by atoms with Crippen LogP contribution in [0.1, 0.15) is 13.8 Å². The molecule has 0 aliphatic heterocycles. The van der Waals surface area contributed by atoms with Gasteiger partial charge in [0.2, 0.25) is 0 Å². The Hall–Kier alpha value is -0.990. The second kappa shape index (κ2) is 3.93. The van der Waals surface area contributed by atoms with Crippen LogP contribution in [0.4, 0.5) is 4.79 Å². The standard InChI is InChI=1S/C7H13NO2/c1-4-5-8(6(2)3)7(9)10/h4,6H,1,5H2,2-3H3,(H,9,10). The molecule has 10 heavy (non-hydrogen) atoms. The fourth-order valence-electron chi connectivity index (χ4n) is 0.649. The summed E-state index contributed by atoms with van der Waals surface area (Å²) in [4.78, 5) is 11.7. The van der Waals surface area contributed by atoms with Crippen molar-refractivity contribution in [1.82, 2.24) is 4.90 Å². The van der Waals surface area contributed by atoms with Gasteiger partial charge < -0.3 is 10.0 Å². The molecule has 3 heteroatoms. The predicted octanol–water partition coefficient (Wildman–Crippen LogP) is 1.56. The van der Waals surface area contributed by atoms with Crippen molar-refractivity contribution in [2.24, 2.45) is 0 Å². The second-order valence-corrected chi connectivity index (χ2v) is 2.32. The molecule has 0 heterocycles. The van der Waals surface area contributed by atoms with E-state index >= 15 is 0 Å². The van der Waals surface area contributed by atoms with Gasteiger partial charge in [-0.3, -0.25) is 0 Å². The normalized spacial score (nSPS) is 9.50. The summed E-state index contributed by atoms with van der Waals surface area (Å²) < 4.78 is 0. The van der Waals surface area contributed by atoms with Crippen LogP contribution in [0.15, 0.2) is 12.7 Å². The highest BCUT2D eigenvalue weighted by Gasteiger charge is 2.12. The number of amides is 1. The summed E-state index contributed by atoms with van der Waals surface area (Å²) in [5.74, 6) is 0. The molecule has 0 rings (SSSR count). The molecule has 0 atom stereocenters. The van der Waals surface area contributed by atoms with Crippen LogP contribution < -0.4 is 0 Å². The van der Waals surface area contributed by atoms with E-state index in [0.29, 0.717) is 6.54 Å². The van der Waals surface area contributed by atoms with Crippen molar-refractivity contribution in [3.05, 3.63) is 12.7 Å². The lowest BCUT2D eigenvalue weighted by Crippen LogP contribution is -2.35. The van der Waals surface area contributed by atoms with Gasteiger partial charge in [-0.25, -0.2) is 4.79 Å². The zero-order valence-corrected chi connectivity index (χ0v) is 6.37. The minimum absolute atomic E-state index is 0.0236. The van der Waals surface area contributed by atoms with E-state index in [1.165, 1.54) is 4.90 Å². The van der Waals surface area contributed by atoms with Crippen molar-refractivity contribution >= 4 is 6.09 Å². The number of carboxylic acid groups (broad SMARTS) is 1. The molecular formula is C7H13NO2. The maximum atomic E-state index is 10.4. The fraction of sp³-hybridized carbons (Fsp3) is 0.571. The molecule has 0 radical (unpaired) electrons. The Balaban J connectivity index is 3.97. The third-order valence-corrected chi connectivity index (χ3v) is 1.19. The van der Waals surface area contributed by atoms with Crippen LogP contribution in [-0.2, 0) is 0 Å². The zero-order chi connectivity index (χ0) is 8.15. The minimum Gasteiger partial charge on any atom is -0.465 e. The third-order valence-electron chi connectivity index (χ3n) is 1.19. The average Bonchev–Trinajstić information content (AvgIpc) is 1.81. The van der Waals surface area contributed by atoms with Gasteiger partial charge >= 0.3 is 6.09 Å². The van der Waals surface area contributed by atoms with E-state index in [1.807, 2.05) is 13.8 Å². The first-order valence-electron chi connectivity index (χ1n) is 3.20. The van der Waals surface area contributed by atoms with Gasteiger partial charge in [0, 0.05) is 12.6 Å². The van der Waals surface area contributed by atoms with E-state index in [1.54, 1.807) is 6.08 Å². The van der Waals surface area contributed by atoms with Crippen LogP contribution in [0.5, 0.6) is 0 Å². The highest BCUT2D eigenvalue weighted by molar-refractivity contribution is 5.65. The van der Waals surface area contributed by atoms with Gasteiger partial charge in [-0.05, 0) is 13.8 Å². The molecule has 0 aliphatic carbocycles. The Morgan fingerprint density at radius 3 is 2.40 bits per heavy atom. The molecule has 0 aromatic rings. The minimum atomic E-state index is -0.894. The van der Waals surface area contributed by atoms with Crippen molar-refractivity contribution in [1.29, 1.82) is 0 Å². The van der Waals surface area contributed by atoms with Gasteiger partial charge in [0.25, 0.3) is 0 Å². The molecule has 0 unspecified atom stereocenters. The van der Waals surface area contributed by atoms with Crippen molar-refractivity contribution in [2.75, 3.05) is 6.54 Å². The van der Waals surface area contributed by atoms with Gasteiger partial charge in [-0.2, -0.15) is 0 Å². The summed E-state index contributed by atoms with van der Waals surface area (Å²) in [6.45, 7) is 7.52. The van der Waals surface area contributed by atoms with Gasteiger partial charge in [-0.15, -0.1) is 6.58 Å². The maximum absolute atomic E-state index is 10.4. The van der Waals surface area contributed by atoms with Gasteiger partial charge in [-0.1, -0.05) is 6.08 Å². The molecule has 1 N–H and O–H groups in total. The van der Waals surface area contributed by atoms with Crippen LogP contribution in [0.2, 0.25) is 0 Å². The lowest BCUT2D eigenvalue weighted by Gasteiger charge is -2.20. The van der Waals surface area contributed by atoms with E-state index in [0.717, 1.165) is 0 Å². The first-order chi connectivity index (χ1) is 4.59. The molecule has 0 fully saturated rings. The monoisotopic (exact) mass is 143 g/mol. The largest absolute Gasteiger partial charge is 0.465 e. The number of rotatable bonds is 3. The Kier molecular flexibility index (Phi) is 3.54. The smallest absolute Gasteiger partial charge is 0.407 e. The number of carbonyl (C=O) groups is 1. The van der Waals surface area contributed by atoms with Crippen LogP contribution in [0, 0.1) is 0 Å². The Morgan fingerprint density at radius 2 is 2.30 bits per heavy atom. The van der Waals surface area contributed by atoms with Gasteiger partial charge in [0.1, 0.15) is 0 Å². The number of hydrogen-bond acceptors (Lipinski definition) is 1. The Morgan fingerprint density at radius 1 is 1.80 bits per heavy atom. The highest BCUT2D eigenvalue weighted by atomic mass is 16.4. The van der Waals surface area contributed by atoms with Crippen LogP contribution >= 0.6 is 0 Å². The van der Waals surface area contributed by atoms with Crippen LogP contribution in [0.3, 0.4) is 0 Å². The molecule has 0 aliphatic rings. The molecule has 0 aromatic carbocycles. The first kappa shape index (κ1) is 9.01. The zero-order valence-electron chi connectivity index (χ0n) is 6.37. The van der Waals surface area contributed by atoms with Gasteiger partial charge in [0.15, 0.2) is 0 Å². The van der Waals surface area contributed by atoms with Crippen LogP contribution in [-0.4, -0.2) is 28.7 Å². The Labute approximate surface area is 61.0 Å². The maximum Gasteiger partial charge on any atom is 0.407 e. The number of nitrogens with zero attached hydrogens (tertiary/aromatic N) is 1. The molecule has 0 saturated heterocycles. The SMILES string of the molecule is C=CCN(C(=O)O)C(C)C. The molecule has 0 bridgehead atoms. The van der Waals surface area contributed by atoms with E-state index in [4.69, 9.17) is 5.11 Å². The Bertz CT molecular complexity index is 132. The van der Waals surface area contributed by atoms with Crippen molar-refractivity contribution in [3.63, 3.8) is 0 Å². The van der Waals surface area contributed by atoms with Crippen molar-refractivity contribution < 1.29 is 9.90 Å². The molecule has 0 spiro atoms. The highest BCUT2D eigenvalue weighted by Crippen LogP contribution is 1.97. The first-order valence-corrected chi connectivity index (χ1v) is 3.20. The van der Waals surface area contributed by atoms with Gasteiger partial charge in [0.05, 0.1) is 0 Å². The van der Waals surface area contributed by atoms with Crippen LogP contribution in [0.25, 0.3) is 0 Å². The van der Waals surface area contributed by atoms with E-state index < -0.39 is 6.09 Å². The summed E-state index contributed by atoms with van der Waals surface area (Å²) in [5.41, 5.74) is 0. The summed E-state index contributed by atoms with van der Waals surface area (Å²) in [6.07, 6.45) is 0.684. The van der Waals surface area contributed by atoms with E-state index in [-0.39, 0.29) is 6.04 Å². The molecule has 0 saturated carbocycles. The fourth-order valence-corrected chi connectivity index (χ4v) is 0.649. The average molecular weight is 143 g/mol. The van der Waals surface area contributed by atoms with E-state index in [2.05, 4.69) is 6.58 Å². The predicted molar refractivity (Wildman–Crippen MR) is 40.1 cm³/mol. The lowest BCUT2D eigenvalue weighted by atomic mass is 10.3. The van der Waals surface area contributed by atoms with Crippen molar-refractivity contribution in [2.45, 2.75) is 19.9 Å². The summed E-state index contributed by atoms with van der Waals surface area (Å²) >= 11 is 0.